The molecule has 0 aliphatic carbocycles. The zero-order chi connectivity index (χ0) is 19.2. The molecule has 0 N–H and O–H groups in total. The lowest BCUT2D eigenvalue weighted by atomic mass is 10.2. The van der Waals surface area contributed by atoms with E-state index in [2.05, 4.69) is 10.00 Å². The molecule has 2 amide bonds. The molecule has 27 heavy (non-hydrogen) atoms. The highest BCUT2D eigenvalue weighted by Gasteiger charge is 2.27. The Kier molecular flexibility index (Phi) is 6.57. The summed E-state index contributed by atoms with van der Waals surface area (Å²) < 4.78 is 6.63. The SMILES string of the molecule is CCCn1nc(C(=O)N2CCN(C(=O)CN3CCOCC3)CC2)ccc1=O. The Morgan fingerprint density at radius 1 is 1.04 bits per heavy atom. The fraction of sp³-hybridized carbons (Fsp3) is 0.667. The maximum absolute atomic E-state index is 12.7. The van der Waals surface area contributed by atoms with E-state index < -0.39 is 0 Å². The number of rotatable bonds is 5. The molecule has 0 radical (unpaired) electrons. The van der Waals surface area contributed by atoms with Gasteiger partial charge in [-0.05, 0) is 12.5 Å². The number of piperazine rings is 1. The number of aryl methyl sites for hydroxylation is 1. The Labute approximate surface area is 158 Å². The minimum absolute atomic E-state index is 0.0959. The summed E-state index contributed by atoms with van der Waals surface area (Å²) in [5, 5.41) is 4.18. The first-order chi connectivity index (χ1) is 13.1. The molecule has 2 aliphatic heterocycles. The second-order valence-electron chi connectivity index (χ2n) is 6.84. The molecular formula is C18H27N5O4. The fourth-order valence-corrected chi connectivity index (χ4v) is 3.31. The van der Waals surface area contributed by atoms with E-state index in [0.717, 1.165) is 19.5 Å². The van der Waals surface area contributed by atoms with Crippen LogP contribution in [0.2, 0.25) is 0 Å². The summed E-state index contributed by atoms with van der Waals surface area (Å²) >= 11 is 0. The van der Waals surface area contributed by atoms with E-state index in [1.807, 2.05) is 11.8 Å². The van der Waals surface area contributed by atoms with Crippen molar-refractivity contribution in [3.63, 3.8) is 0 Å². The quantitative estimate of drug-likeness (QED) is 0.672. The van der Waals surface area contributed by atoms with Crippen LogP contribution in [0.4, 0.5) is 0 Å². The molecule has 0 aromatic carbocycles. The number of hydrogen-bond donors (Lipinski definition) is 0. The lowest BCUT2D eigenvalue weighted by Gasteiger charge is -2.36. The predicted octanol–water partition coefficient (Wildman–Crippen LogP) is -0.730. The normalized spacial score (nSPS) is 18.6. The van der Waals surface area contributed by atoms with Crippen LogP contribution < -0.4 is 5.56 Å². The Morgan fingerprint density at radius 3 is 2.37 bits per heavy atom. The van der Waals surface area contributed by atoms with Gasteiger partial charge in [0.1, 0.15) is 5.69 Å². The van der Waals surface area contributed by atoms with E-state index in [1.165, 1.54) is 16.8 Å². The minimum atomic E-state index is -0.202. The number of morpholine rings is 1. The van der Waals surface area contributed by atoms with Crippen LogP contribution in [-0.4, -0.2) is 95.3 Å². The molecule has 0 atom stereocenters. The zero-order valence-corrected chi connectivity index (χ0v) is 15.8. The Morgan fingerprint density at radius 2 is 1.70 bits per heavy atom. The molecule has 9 heteroatoms. The topological polar surface area (TPSA) is 88.0 Å². The zero-order valence-electron chi connectivity index (χ0n) is 15.8. The second-order valence-corrected chi connectivity index (χ2v) is 6.84. The van der Waals surface area contributed by atoms with Crippen LogP contribution in [0.3, 0.4) is 0 Å². The first-order valence-electron chi connectivity index (χ1n) is 9.54. The van der Waals surface area contributed by atoms with Crippen LogP contribution in [0, 0.1) is 0 Å². The van der Waals surface area contributed by atoms with Gasteiger partial charge in [0.2, 0.25) is 5.91 Å². The minimum Gasteiger partial charge on any atom is -0.379 e. The summed E-state index contributed by atoms with van der Waals surface area (Å²) in [7, 11) is 0. The van der Waals surface area contributed by atoms with E-state index >= 15 is 0 Å². The lowest BCUT2D eigenvalue weighted by Crippen LogP contribution is -2.53. The van der Waals surface area contributed by atoms with Crippen LogP contribution >= 0.6 is 0 Å². The van der Waals surface area contributed by atoms with Crippen LogP contribution in [0.1, 0.15) is 23.8 Å². The van der Waals surface area contributed by atoms with Crippen molar-refractivity contribution in [3.8, 4) is 0 Å². The van der Waals surface area contributed by atoms with Crippen molar-refractivity contribution in [2.24, 2.45) is 0 Å². The molecule has 3 heterocycles. The number of nitrogens with zero attached hydrogens (tertiary/aromatic N) is 5. The van der Waals surface area contributed by atoms with Gasteiger partial charge >= 0.3 is 0 Å². The monoisotopic (exact) mass is 377 g/mol. The Hall–Kier alpha value is -2.26. The summed E-state index contributed by atoms with van der Waals surface area (Å²) in [6.45, 7) is 7.73. The Balaban J connectivity index is 1.53. The van der Waals surface area contributed by atoms with Crippen molar-refractivity contribution in [1.29, 1.82) is 0 Å². The molecule has 0 bridgehead atoms. The van der Waals surface area contributed by atoms with E-state index in [1.54, 1.807) is 4.90 Å². The molecule has 2 aliphatic rings. The number of ether oxygens (including phenoxy) is 1. The summed E-state index contributed by atoms with van der Waals surface area (Å²) in [4.78, 5) is 42.5. The van der Waals surface area contributed by atoms with Crippen molar-refractivity contribution in [2.75, 3.05) is 59.0 Å². The summed E-state index contributed by atoms with van der Waals surface area (Å²) in [5.74, 6) is -0.0984. The average Bonchev–Trinajstić information content (AvgIpc) is 2.70. The molecule has 2 saturated heterocycles. The van der Waals surface area contributed by atoms with Crippen molar-refractivity contribution in [1.82, 2.24) is 24.5 Å². The van der Waals surface area contributed by atoms with E-state index in [9.17, 15) is 14.4 Å². The number of aromatic nitrogens is 2. The molecule has 0 spiro atoms. The maximum atomic E-state index is 12.7. The molecule has 9 nitrogen and oxygen atoms in total. The van der Waals surface area contributed by atoms with Gasteiger partial charge in [0.25, 0.3) is 11.5 Å². The largest absolute Gasteiger partial charge is 0.379 e. The average molecular weight is 377 g/mol. The summed E-state index contributed by atoms with van der Waals surface area (Å²) in [5.41, 5.74) is 0.0723. The van der Waals surface area contributed by atoms with Gasteiger partial charge in [-0.15, -0.1) is 0 Å². The maximum Gasteiger partial charge on any atom is 0.274 e. The third kappa shape index (κ3) is 4.92. The van der Waals surface area contributed by atoms with E-state index in [-0.39, 0.29) is 23.1 Å². The van der Waals surface area contributed by atoms with Crippen LogP contribution in [0.5, 0.6) is 0 Å². The molecule has 0 unspecified atom stereocenters. The molecule has 148 valence electrons. The van der Waals surface area contributed by atoms with E-state index in [0.29, 0.717) is 52.5 Å². The fourth-order valence-electron chi connectivity index (χ4n) is 3.31. The van der Waals surface area contributed by atoms with Gasteiger partial charge in [-0.3, -0.25) is 19.3 Å². The van der Waals surface area contributed by atoms with Gasteiger partial charge in [-0.1, -0.05) is 6.92 Å². The number of carbonyl (C=O) groups excluding carboxylic acids is 2. The second kappa shape index (κ2) is 9.09. The van der Waals surface area contributed by atoms with Crippen LogP contribution in [0.15, 0.2) is 16.9 Å². The van der Waals surface area contributed by atoms with E-state index in [4.69, 9.17) is 4.74 Å². The van der Waals surface area contributed by atoms with Gasteiger partial charge in [-0.25, -0.2) is 4.68 Å². The molecule has 2 fully saturated rings. The van der Waals surface area contributed by atoms with Crippen molar-refractivity contribution >= 4 is 11.8 Å². The van der Waals surface area contributed by atoms with Gasteiger partial charge < -0.3 is 14.5 Å². The summed E-state index contributed by atoms with van der Waals surface area (Å²) in [6.07, 6.45) is 0.772. The van der Waals surface area contributed by atoms with Gasteiger partial charge in [0.15, 0.2) is 0 Å². The van der Waals surface area contributed by atoms with Crippen LogP contribution in [-0.2, 0) is 16.1 Å². The molecule has 1 aromatic rings. The number of hydrogen-bond acceptors (Lipinski definition) is 6. The first kappa shape index (κ1) is 19.5. The van der Waals surface area contributed by atoms with Gasteiger partial charge in [0.05, 0.1) is 19.8 Å². The van der Waals surface area contributed by atoms with Crippen molar-refractivity contribution < 1.29 is 14.3 Å². The Bertz CT molecular complexity index is 721. The molecule has 3 rings (SSSR count). The predicted molar refractivity (Wildman–Crippen MR) is 98.5 cm³/mol. The standard InChI is InChI=1S/C18H27N5O4/c1-2-5-23-16(24)4-3-15(19-23)18(26)22-8-6-21(7-9-22)17(25)14-20-10-12-27-13-11-20/h3-4H,2,5-14H2,1H3. The highest BCUT2D eigenvalue weighted by Crippen LogP contribution is 2.08. The lowest BCUT2D eigenvalue weighted by molar-refractivity contribution is -0.134. The molecular weight excluding hydrogens is 350 g/mol. The highest BCUT2D eigenvalue weighted by molar-refractivity contribution is 5.92. The smallest absolute Gasteiger partial charge is 0.274 e. The number of carbonyl (C=O) groups is 2. The highest BCUT2D eigenvalue weighted by atomic mass is 16.5. The molecule has 1 aromatic heterocycles. The third-order valence-corrected chi connectivity index (χ3v) is 4.90. The first-order valence-corrected chi connectivity index (χ1v) is 9.54. The molecule has 0 saturated carbocycles. The number of amides is 2. The van der Waals surface area contributed by atoms with Crippen molar-refractivity contribution in [2.45, 2.75) is 19.9 Å². The third-order valence-electron chi connectivity index (χ3n) is 4.90. The van der Waals surface area contributed by atoms with Crippen molar-refractivity contribution in [3.05, 3.63) is 28.2 Å². The van der Waals surface area contributed by atoms with Gasteiger partial charge in [0, 0.05) is 51.9 Å². The summed E-state index contributed by atoms with van der Waals surface area (Å²) in [6, 6.07) is 2.87. The van der Waals surface area contributed by atoms with Gasteiger partial charge in [-0.2, -0.15) is 5.10 Å². The van der Waals surface area contributed by atoms with Crippen LogP contribution in [0.25, 0.3) is 0 Å².